The van der Waals surface area contributed by atoms with Crippen molar-refractivity contribution in [3.63, 3.8) is 0 Å². The summed E-state index contributed by atoms with van der Waals surface area (Å²) in [4.78, 5) is 4.83. The summed E-state index contributed by atoms with van der Waals surface area (Å²) in [5.74, 6) is 0. The van der Waals surface area contributed by atoms with Crippen LogP contribution in [0.2, 0.25) is 0 Å². The minimum Gasteiger partial charge on any atom is -0.399 e. The van der Waals surface area contributed by atoms with Crippen LogP contribution in [0.4, 0.5) is 17.1 Å². The molecule has 0 spiro atoms. The Balaban J connectivity index is 1.82. The van der Waals surface area contributed by atoms with E-state index in [1.807, 2.05) is 0 Å². The lowest BCUT2D eigenvalue weighted by Crippen LogP contribution is -2.36. The SMILES string of the molecule is Nc1cc(N2CCCCC2)cc(N2CCOCC2)c1. The van der Waals surface area contributed by atoms with Crippen LogP contribution in [0.3, 0.4) is 0 Å². The molecule has 2 N–H and O–H groups in total. The van der Waals surface area contributed by atoms with Gasteiger partial charge in [0.05, 0.1) is 13.2 Å². The van der Waals surface area contributed by atoms with Crippen LogP contribution >= 0.6 is 0 Å². The van der Waals surface area contributed by atoms with Crippen molar-refractivity contribution in [3.05, 3.63) is 18.2 Å². The van der Waals surface area contributed by atoms with Gasteiger partial charge in [-0.3, -0.25) is 0 Å². The molecule has 2 aliphatic rings. The Morgan fingerprint density at radius 2 is 1.37 bits per heavy atom. The zero-order valence-corrected chi connectivity index (χ0v) is 11.5. The quantitative estimate of drug-likeness (QED) is 0.828. The third-order valence-corrected chi connectivity index (χ3v) is 4.02. The van der Waals surface area contributed by atoms with E-state index in [0.717, 1.165) is 45.1 Å². The molecule has 1 aromatic carbocycles. The standard InChI is InChI=1S/C15H23N3O/c16-13-10-14(17-4-2-1-3-5-17)12-15(11-13)18-6-8-19-9-7-18/h10-12H,1-9,16H2. The average molecular weight is 261 g/mol. The molecule has 2 aliphatic heterocycles. The Hall–Kier alpha value is -1.42. The topological polar surface area (TPSA) is 41.7 Å². The summed E-state index contributed by atoms with van der Waals surface area (Å²) in [6.45, 7) is 5.87. The molecule has 4 heteroatoms. The summed E-state index contributed by atoms with van der Waals surface area (Å²) in [5, 5.41) is 0. The Morgan fingerprint density at radius 3 is 2.00 bits per heavy atom. The van der Waals surface area contributed by atoms with E-state index in [2.05, 4.69) is 28.0 Å². The molecular weight excluding hydrogens is 238 g/mol. The van der Waals surface area contributed by atoms with E-state index < -0.39 is 0 Å². The fourth-order valence-electron chi connectivity index (χ4n) is 2.96. The molecule has 0 unspecified atom stereocenters. The van der Waals surface area contributed by atoms with Gasteiger partial charge >= 0.3 is 0 Å². The Labute approximate surface area is 115 Å². The van der Waals surface area contributed by atoms with Gasteiger partial charge in [-0.25, -0.2) is 0 Å². The maximum Gasteiger partial charge on any atom is 0.0642 e. The number of benzene rings is 1. The molecular formula is C15H23N3O. The van der Waals surface area contributed by atoms with E-state index in [0.29, 0.717) is 0 Å². The lowest BCUT2D eigenvalue weighted by Gasteiger charge is -2.32. The summed E-state index contributed by atoms with van der Waals surface area (Å²) >= 11 is 0. The number of nitrogens with two attached hydrogens (primary N) is 1. The number of rotatable bonds is 2. The monoisotopic (exact) mass is 261 g/mol. The van der Waals surface area contributed by atoms with Crippen molar-refractivity contribution in [3.8, 4) is 0 Å². The minimum atomic E-state index is 0.813. The zero-order valence-electron chi connectivity index (χ0n) is 11.5. The van der Waals surface area contributed by atoms with Crippen LogP contribution in [-0.4, -0.2) is 39.4 Å². The maximum atomic E-state index is 6.09. The van der Waals surface area contributed by atoms with Gasteiger partial charge < -0.3 is 20.3 Å². The van der Waals surface area contributed by atoms with Gasteiger partial charge in [0.2, 0.25) is 0 Å². The number of hydrogen-bond donors (Lipinski definition) is 1. The van der Waals surface area contributed by atoms with Crippen LogP contribution in [0, 0.1) is 0 Å². The Morgan fingerprint density at radius 1 is 0.789 bits per heavy atom. The summed E-state index contributed by atoms with van der Waals surface area (Å²) in [6.07, 6.45) is 3.94. The highest BCUT2D eigenvalue weighted by Crippen LogP contribution is 2.28. The number of ether oxygens (including phenoxy) is 1. The first kappa shape index (κ1) is 12.6. The number of hydrogen-bond acceptors (Lipinski definition) is 4. The number of anilines is 3. The van der Waals surface area contributed by atoms with Crippen molar-refractivity contribution in [2.45, 2.75) is 19.3 Å². The van der Waals surface area contributed by atoms with E-state index in [1.165, 1.54) is 30.6 Å². The van der Waals surface area contributed by atoms with Gasteiger partial charge in [-0.1, -0.05) is 0 Å². The summed E-state index contributed by atoms with van der Waals surface area (Å²) in [7, 11) is 0. The van der Waals surface area contributed by atoms with Crippen LogP contribution in [0.1, 0.15) is 19.3 Å². The lowest BCUT2D eigenvalue weighted by atomic mass is 10.1. The second kappa shape index (κ2) is 5.70. The fourth-order valence-corrected chi connectivity index (χ4v) is 2.96. The molecule has 4 nitrogen and oxygen atoms in total. The van der Waals surface area contributed by atoms with Crippen LogP contribution in [0.5, 0.6) is 0 Å². The molecule has 0 saturated carbocycles. The van der Waals surface area contributed by atoms with Crippen LogP contribution in [-0.2, 0) is 4.74 Å². The lowest BCUT2D eigenvalue weighted by molar-refractivity contribution is 0.122. The molecule has 1 aromatic rings. The highest BCUT2D eigenvalue weighted by molar-refractivity contribution is 5.67. The van der Waals surface area contributed by atoms with Crippen molar-refractivity contribution in [1.82, 2.24) is 0 Å². The Bertz CT molecular complexity index is 387. The molecule has 0 aromatic heterocycles. The smallest absolute Gasteiger partial charge is 0.0642 e. The van der Waals surface area contributed by atoms with Gasteiger partial charge in [0, 0.05) is 43.2 Å². The van der Waals surface area contributed by atoms with Gasteiger partial charge in [0.1, 0.15) is 0 Å². The molecule has 2 heterocycles. The highest BCUT2D eigenvalue weighted by atomic mass is 16.5. The molecule has 0 radical (unpaired) electrons. The second-order valence-corrected chi connectivity index (χ2v) is 5.43. The normalized spacial score (nSPS) is 20.6. The zero-order chi connectivity index (χ0) is 13.1. The van der Waals surface area contributed by atoms with Crippen molar-refractivity contribution in [2.75, 3.05) is 54.9 Å². The minimum absolute atomic E-state index is 0.813. The van der Waals surface area contributed by atoms with E-state index in [4.69, 9.17) is 10.5 Å². The summed E-state index contributed by atoms with van der Waals surface area (Å²) < 4.78 is 5.41. The van der Waals surface area contributed by atoms with Crippen LogP contribution < -0.4 is 15.5 Å². The highest BCUT2D eigenvalue weighted by Gasteiger charge is 2.16. The third kappa shape index (κ3) is 2.95. The van der Waals surface area contributed by atoms with Crippen molar-refractivity contribution < 1.29 is 4.74 Å². The number of morpholine rings is 1. The summed E-state index contributed by atoms with van der Waals surface area (Å²) in [6, 6.07) is 6.47. The van der Waals surface area contributed by atoms with Crippen LogP contribution in [0.25, 0.3) is 0 Å². The molecule has 0 bridgehead atoms. The Kier molecular flexibility index (Phi) is 3.78. The van der Waals surface area contributed by atoms with E-state index in [-0.39, 0.29) is 0 Å². The molecule has 104 valence electrons. The number of piperidine rings is 1. The van der Waals surface area contributed by atoms with Crippen molar-refractivity contribution in [2.24, 2.45) is 0 Å². The molecule has 0 aliphatic carbocycles. The third-order valence-electron chi connectivity index (χ3n) is 4.02. The molecule has 0 amide bonds. The molecule has 2 saturated heterocycles. The first-order valence-electron chi connectivity index (χ1n) is 7.31. The maximum absolute atomic E-state index is 6.09. The van der Waals surface area contributed by atoms with Gasteiger partial charge in [0.25, 0.3) is 0 Å². The fraction of sp³-hybridized carbons (Fsp3) is 0.600. The largest absolute Gasteiger partial charge is 0.399 e. The molecule has 3 rings (SSSR count). The van der Waals surface area contributed by atoms with Gasteiger partial charge in [-0.2, -0.15) is 0 Å². The predicted molar refractivity (Wildman–Crippen MR) is 80.0 cm³/mol. The predicted octanol–water partition coefficient (Wildman–Crippen LogP) is 2.10. The van der Waals surface area contributed by atoms with E-state index >= 15 is 0 Å². The van der Waals surface area contributed by atoms with Gasteiger partial charge in [0.15, 0.2) is 0 Å². The van der Waals surface area contributed by atoms with E-state index in [9.17, 15) is 0 Å². The molecule has 2 fully saturated rings. The van der Waals surface area contributed by atoms with Gasteiger partial charge in [-0.15, -0.1) is 0 Å². The number of nitrogens with zero attached hydrogens (tertiary/aromatic N) is 2. The van der Waals surface area contributed by atoms with Gasteiger partial charge in [-0.05, 0) is 37.5 Å². The second-order valence-electron chi connectivity index (χ2n) is 5.43. The number of nitrogen functional groups attached to an aromatic ring is 1. The average Bonchev–Trinajstić information content (AvgIpc) is 2.48. The van der Waals surface area contributed by atoms with E-state index in [1.54, 1.807) is 0 Å². The first-order chi connectivity index (χ1) is 9.33. The van der Waals surface area contributed by atoms with Crippen molar-refractivity contribution >= 4 is 17.1 Å². The van der Waals surface area contributed by atoms with Crippen molar-refractivity contribution in [1.29, 1.82) is 0 Å². The first-order valence-corrected chi connectivity index (χ1v) is 7.31. The molecule has 0 atom stereocenters. The summed E-state index contributed by atoms with van der Waals surface area (Å²) in [5.41, 5.74) is 9.47. The molecule has 19 heavy (non-hydrogen) atoms. The van der Waals surface area contributed by atoms with Crippen LogP contribution in [0.15, 0.2) is 18.2 Å².